The fraction of sp³-hybridized carbons (Fsp3) is 0.533. The van der Waals surface area contributed by atoms with Gasteiger partial charge in [0.05, 0.1) is 0 Å². The van der Waals surface area contributed by atoms with Crippen molar-refractivity contribution in [2.24, 2.45) is 0 Å². The molecule has 2 heteroatoms. The van der Waals surface area contributed by atoms with Crippen LogP contribution in [0, 0.1) is 0 Å². The maximum atomic E-state index is 12.0. The second kappa shape index (κ2) is 5.46. The third kappa shape index (κ3) is 3.40. The van der Waals surface area contributed by atoms with Crippen LogP contribution in [0.3, 0.4) is 0 Å². The molecule has 0 bridgehead atoms. The van der Waals surface area contributed by atoms with Crippen LogP contribution in [0.25, 0.3) is 0 Å². The predicted octanol–water partition coefficient (Wildman–Crippen LogP) is 3.59. The van der Waals surface area contributed by atoms with Crippen molar-refractivity contribution in [2.75, 3.05) is 7.11 Å². The third-order valence-electron chi connectivity index (χ3n) is 2.98. The van der Waals surface area contributed by atoms with Gasteiger partial charge in [-0.2, -0.15) is 0 Å². The number of carbonyl (C=O) groups is 1. The molecule has 1 unspecified atom stereocenters. The molecule has 1 rings (SSSR count). The standard InChI is InChI=1S/C15H22O2/c1-6-13(17-5)14(16)11-7-9-12(10-8-11)15(2,3)4/h7-10,13H,6H2,1-5H3. The van der Waals surface area contributed by atoms with Gasteiger partial charge in [-0.25, -0.2) is 0 Å². The molecule has 1 aromatic rings. The van der Waals surface area contributed by atoms with E-state index in [0.29, 0.717) is 6.42 Å². The van der Waals surface area contributed by atoms with Crippen LogP contribution in [0.4, 0.5) is 0 Å². The lowest BCUT2D eigenvalue weighted by atomic mass is 9.86. The molecular formula is C15H22O2. The number of carbonyl (C=O) groups excluding carboxylic acids is 1. The first-order valence-electron chi connectivity index (χ1n) is 6.07. The Bertz CT molecular complexity index is 367. The zero-order chi connectivity index (χ0) is 13.1. The molecule has 0 aromatic heterocycles. The summed E-state index contributed by atoms with van der Waals surface area (Å²) in [6.07, 6.45) is 0.381. The molecule has 1 atom stereocenters. The van der Waals surface area contributed by atoms with Crippen molar-refractivity contribution < 1.29 is 9.53 Å². The van der Waals surface area contributed by atoms with Gasteiger partial charge < -0.3 is 4.74 Å². The van der Waals surface area contributed by atoms with Gasteiger partial charge in [-0.05, 0) is 17.4 Å². The molecule has 0 heterocycles. The first kappa shape index (κ1) is 13.9. The van der Waals surface area contributed by atoms with Crippen LogP contribution in [-0.2, 0) is 10.2 Å². The van der Waals surface area contributed by atoms with Gasteiger partial charge in [-0.15, -0.1) is 0 Å². The predicted molar refractivity (Wildman–Crippen MR) is 70.6 cm³/mol. The fourth-order valence-corrected chi connectivity index (χ4v) is 1.78. The van der Waals surface area contributed by atoms with Crippen LogP contribution < -0.4 is 0 Å². The van der Waals surface area contributed by atoms with E-state index < -0.39 is 0 Å². The fourth-order valence-electron chi connectivity index (χ4n) is 1.78. The average Bonchev–Trinajstić information content (AvgIpc) is 2.29. The lowest BCUT2D eigenvalue weighted by Crippen LogP contribution is -2.22. The topological polar surface area (TPSA) is 26.3 Å². The van der Waals surface area contributed by atoms with Crippen LogP contribution in [0.2, 0.25) is 0 Å². The largest absolute Gasteiger partial charge is 0.373 e. The Hall–Kier alpha value is -1.15. The molecule has 0 amide bonds. The number of hydrogen-bond acceptors (Lipinski definition) is 2. The van der Waals surface area contributed by atoms with Crippen LogP contribution >= 0.6 is 0 Å². The molecule has 94 valence electrons. The third-order valence-corrected chi connectivity index (χ3v) is 2.98. The number of ether oxygens (including phenoxy) is 1. The van der Waals surface area contributed by atoms with E-state index in [1.54, 1.807) is 7.11 Å². The van der Waals surface area contributed by atoms with Crippen molar-refractivity contribution in [3.8, 4) is 0 Å². The molecule has 0 N–H and O–H groups in total. The first-order chi connectivity index (χ1) is 7.90. The van der Waals surface area contributed by atoms with Crippen LogP contribution in [0.5, 0.6) is 0 Å². The lowest BCUT2D eigenvalue weighted by Gasteiger charge is -2.19. The van der Waals surface area contributed by atoms with Gasteiger partial charge in [-0.1, -0.05) is 52.0 Å². The average molecular weight is 234 g/mol. The number of methoxy groups -OCH3 is 1. The minimum absolute atomic E-state index is 0.0652. The summed E-state index contributed by atoms with van der Waals surface area (Å²) in [6.45, 7) is 8.44. The monoisotopic (exact) mass is 234 g/mol. The van der Waals surface area contributed by atoms with Gasteiger partial charge in [0.2, 0.25) is 0 Å². The number of hydrogen-bond donors (Lipinski definition) is 0. The zero-order valence-corrected chi connectivity index (χ0v) is 11.4. The summed E-state index contributed by atoms with van der Waals surface area (Å²) in [7, 11) is 1.58. The Kier molecular flexibility index (Phi) is 4.47. The Morgan fingerprint density at radius 1 is 1.24 bits per heavy atom. The molecule has 0 aliphatic heterocycles. The normalized spacial score (nSPS) is 13.5. The highest BCUT2D eigenvalue weighted by Gasteiger charge is 2.19. The van der Waals surface area contributed by atoms with E-state index >= 15 is 0 Å². The van der Waals surface area contributed by atoms with E-state index in [2.05, 4.69) is 20.8 Å². The molecule has 17 heavy (non-hydrogen) atoms. The van der Waals surface area contributed by atoms with Crippen molar-refractivity contribution in [1.29, 1.82) is 0 Å². The van der Waals surface area contributed by atoms with Gasteiger partial charge in [0.15, 0.2) is 5.78 Å². The maximum absolute atomic E-state index is 12.0. The van der Waals surface area contributed by atoms with E-state index in [1.807, 2.05) is 31.2 Å². The lowest BCUT2D eigenvalue weighted by molar-refractivity contribution is 0.0595. The van der Waals surface area contributed by atoms with Crippen molar-refractivity contribution in [1.82, 2.24) is 0 Å². The Morgan fingerprint density at radius 3 is 2.12 bits per heavy atom. The second-order valence-corrected chi connectivity index (χ2v) is 5.32. The minimum atomic E-state index is -0.324. The molecule has 0 spiro atoms. The van der Waals surface area contributed by atoms with Crippen molar-refractivity contribution in [3.63, 3.8) is 0 Å². The Labute approximate surface area is 104 Å². The van der Waals surface area contributed by atoms with Crippen molar-refractivity contribution >= 4 is 5.78 Å². The number of rotatable bonds is 4. The molecular weight excluding hydrogens is 212 g/mol. The number of benzene rings is 1. The molecule has 0 aliphatic carbocycles. The summed E-state index contributed by atoms with van der Waals surface area (Å²) < 4.78 is 5.16. The molecule has 0 saturated carbocycles. The summed E-state index contributed by atoms with van der Waals surface area (Å²) in [4.78, 5) is 12.0. The Morgan fingerprint density at radius 2 is 1.76 bits per heavy atom. The summed E-state index contributed by atoms with van der Waals surface area (Å²) in [5.74, 6) is 0.0652. The minimum Gasteiger partial charge on any atom is -0.373 e. The second-order valence-electron chi connectivity index (χ2n) is 5.32. The van der Waals surface area contributed by atoms with Gasteiger partial charge in [0.1, 0.15) is 6.10 Å². The van der Waals surface area contributed by atoms with Gasteiger partial charge in [0, 0.05) is 12.7 Å². The highest BCUT2D eigenvalue weighted by molar-refractivity contribution is 5.99. The highest BCUT2D eigenvalue weighted by atomic mass is 16.5. The molecule has 0 fully saturated rings. The summed E-state index contributed by atoms with van der Waals surface area (Å²) >= 11 is 0. The Balaban J connectivity index is 2.91. The summed E-state index contributed by atoms with van der Waals surface area (Å²) in [5, 5.41) is 0. The SMILES string of the molecule is CCC(OC)C(=O)c1ccc(C(C)(C)C)cc1. The van der Waals surface area contributed by atoms with Gasteiger partial charge in [-0.3, -0.25) is 4.79 Å². The maximum Gasteiger partial charge on any atom is 0.191 e. The van der Waals surface area contributed by atoms with Gasteiger partial charge >= 0.3 is 0 Å². The highest BCUT2D eigenvalue weighted by Crippen LogP contribution is 2.22. The molecule has 0 saturated heterocycles. The van der Waals surface area contributed by atoms with Gasteiger partial charge in [0.25, 0.3) is 0 Å². The molecule has 0 aliphatic rings. The molecule has 1 aromatic carbocycles. The smallest absolute Gasteiger partial charge is 0.191 e. The van der Waals surface area contributed by atoms with Crippen molar-refractivity contribution in [2.45, 2.75) is 45.6 Å². The van der Waals surface area contributed by atoms with Crippen molar-refractivity contribution in [3.05, 3.63) is 35.4 Å². The van der Waals surface area contributed by atoms with Crippen LogP contribution in [-0.4, -0.2) is 19.0 Å². The van der Waals surface area contributed by atoms with E-state index in [0.717, 1.165) is 5.56 Å². The summed E-state index contributed by atoms with van der Waals surface area (Å²) in [6, 6.07) is 7.83. The van der Waals surface area contributed by atoms with Crippen LogP contribution in [0.1, 0.15) is 50.0 Å². The van der Waals surface area contributed by atoms with E-state index in [4.69, 9.17) is 4.74 Å². The summed E-state index contributed by atoms with van der Waals surface area (Å²) in [5.41, 5.74) is 2.08. The molecule has 2 nitrogen and oxygen atoms in total. The zero-order valence-electron chi connectivity index (χ0n) is 11.4. The quantitative estimate of drug-likeness (QED) is 0.744. The molecule has 0 radical (unpaired) electrons. The van der Waals surface area contributed by atoms with E-state index in [1.165, 1.54) is 5.56 Å². The van der Waals surface area contributed by atoms with E-state index in [-0.39, 0.29) is 17.3 Å². The van der Waals surface area contributed by atoms with Crippen LogP contribution in [0.15, 0.2) is 24.3 Å². The first-order valence-corrected chi connectivity index (χ1v) is 6.07. The van der Waals surface area contributed by atoms with E-state index in [9.17, 15) is 4.79 Å². The number of ketones is 1. The number of Topliss-reactive ketones (excluding diaryl/α,β-unsaturated/α-hetero) is 1.